The molecule has 3 aromatic rings. The van der Waals surface area contributed by atoms with Crippen LogP contribution in [0.15, 0.2) is 71.3 Å². The molecule has 2 aromatic carbocycles. The third kappa shape index (κ3) is 5.89. The molecular formula is C31H38N6O5. The largest absolute Gasteiger partial charge is 0.462 e. The summed E-state index contributed by atoms with van der Waals surface area (Å²) in [4.78, 5) is 45.4. The van der Waals surface area contributed by atoms with Crippen LogP contribution in [0.2, 0.25) is 0 Å². The van der Waals surface area contributed by atoms with Crippen molar-refractivity contribution in [2.45, 2.75) is 38.5 Å². The van der Waals surface area contributed by atoms with Gasteiger partial charge in [0.15, 0.2) is 5.76 Å². The van der Waals surface area contributed by atoms with Crippen LogP contribution in [-0.2, 0) is 27.3 Å². The van der Waals surface area contributed by atoms with E-state index in [9.17, 15) is 14.4 Å². The summed E-state index contributed by atoms with van der Waals surface area (Å²) in [5.74, 6) is -1.06. The molecule has 1 atom stereocenters. The molecule has 1 aromatic heterocycles. The van der Waals surface area contributed by atoms with E-state index in [0.717, 1.165) is 48.9 Å². The molecule has 5 rings (SSSR count). The highest BCUT2D eigenvalue weighted by Crippen LogP contribution is 2.38. The van der Waals surface area contributed by atoms with Crippen molar-refractivity contribution in [1.82, 2.24) is 25.9 Å². The van der Waals surface area contributed by atoms with Crippen molar-refractivity contribution in [2.75, 3.05) is 44.8 Å². The fourth-order valence-corrected chi connectivity index (χ4v) is 5.24. The number of fused-ring (bicyclic) bond motifs is 1. The maximum Gasteiger partial charge on any atom is 0.429 e. The minimum atomic E-state index is -1.94. The molecule has 1 fully saturated rings. The molecule has 3 N–H and O–H groups in total. The van der Waals surface area contributed by atoms with E-state index in [2.05, 4.69) is 32.9 Å². The number of hydrogen-bond acceptors (Lipinski definition) is 8. The summed E-state index contributed by atoms with van der Waals surface area (Å²) in [6, 6.07) is 18.3. The van der Waals surface area contributed by atoms with Gasteiger partial charge in [0.25, 0.3) is 17.5 Å². The van der Waals surface area contributed by atoms with E-state index in [4.69, 9.17) is 9.15 Å². The van der Waals surface area contributed by atoms with Gasteiger partial charge in [0.1, 0.15) is 5.69 Å². The Morgan fingerprint density at radius 2 is 1.69 bits per heavy atom. The lowest BCUT2D eigenvalue weighted by atomic mass is 9.93. The monoisotopic (exact) mass is 574 g/mol. The molecule has 2 aliphatic rings. The predicted molar refractivity (Wildman–Crippen MR) is 157 cm³/mol. The van der Waals surface area contributed by atoms with Crippen molar-refractivity contribution >= 4 is 23.6 Å². The maximum atomic E-state index is 14.2. The van der Waals surface area contributed by atoms with E-state index in [1.165, 1.54) is 12.3 Å². The Balaban J connectivity index is 1.41. The SMILES string of the molecule is CCOC(=O)N1NC(NC(=O)c2ccc(CN3CCN(C)CC3)cc2)(C(=O)NC(C)(C)c2ccccc2)c2occc21. The molecule has 222 valence electrons. The molecule has 11 nitrogen and oxygen atoms in total. The van der Waals surface area contributed by atoms with Crippen molar-refractivity contribution in [3.05, 3.63) is 89.4 Å². The number of rotatable bonds is 8. The van der Waals surface area contributed by atoms with Crippen LogP contribution in [0.3, 0.4) is 0 Å². The summed E-state index contributed by atoms with van der Waals surface area (Å²) < 4.78 is 10.9. The van der Waals surface area contributed by atoms with Crippen LogP contribution in [0.4, 0.5) is 10.5 Å². The highest BCUT2D eigenvalue weighted by Gasteiger charge is 2.56. The van der Waals surface area contributed by atoms with Crippen molar-refractivity contribution in [3.63, 3.8) is 0 Å². The van der Waals surface area contributed by atoms with E-state index in [0.29, 0.717) is 5.56 Å². The zero-order chi connectivity index (χ0) is 29.9. The zero-order valence-electron chi connectivity index (χ0n) is 24.5. The number of benzene rings is 2. The van der Waals surface area contributed by atoms with Gasteiger partial charge in [-0.15, -0.1) is 0 Å². The summed E-state index contributed by atoms with van der Waals surface area (Å²) in [5, 5.41) is 6.94. The lowest BCUT2D eigenvalue weighted by molar-refractivity contribution is -0.131. The maximum absolute atomic E-state index is 14.2. The van der Waals surface area contributed by atoms with Crippen LogP contribution in [0, 0.1) is 0 Å². The van der Waals surface area contributed by atoms with E-state index in [1.54, 1.807) is 19.1 Å². The first kappa shape index (κ1) is 29.3. The van der Waals surface area contributed by atoms with E-state index >= 15 is 0 Å². The average Bonchev–Trinajstić information content (AvgIpc) is 3.58. The van der Waals surface area contributed by atoms with Crippen LogP contribution in [-0.4, -0.2) is 67.5 Å². The molecular weight excluding hydrogens is 536 g/mol. The zero-order valence-corrected chi connectivity index (χ0v) is 24.5. The van der Waals surface area contributed by atoms with Gasteiger partial charge >= 0.3 is 6.09 Å². The summed E-state index contributed by atoms with van der Waals surface area (Å²) in [6.07, 6.45) is 0.626. The molecule has 2 aliphatic heterocycles. The number of amides is 3. The average molecular weight is 575 g/mol. The lowest BCUT2D eigenvalue weighted by Gasteiger charge is -2.34. The second-order valence-corrected chi connectivity index (χ2v) is 11.2. The fourth-order valence-electron chi connectivity index (χ4n) is 5.24. The molecule has 3 amide bonds. The second-order valence-electron chi connectivity index (χ2n) is 11.2. The number of carbonyl (C=O) groups is 3. The summed E-state index contributed by atoms with van der Waals surface area (Å²) >= 11 is 0. The Morgan fingerprint density at radius 1 is 1.00 bits per heavy atom. The van der Waals surface area contributed by atoms with Crippen LogP contribution >= 0.6 is 0 Å². The van der Waals surface area contributed by atoms with Crippen LogP contribution in [0.25, 0.3) is 0 Å². The molecule has 3 heterocycles. The van der Waals surface area contributed by atoms with Crippen molar-refractivity contribution in [3.8, 4) is 0 Å². The second kappa shape index (κ2) is 12.0. The third-order valence-corrected chi connectivity index (χ3v) is 7.74. The number of nitrogens with one attached hydrogen (secondary N) is 3. The molecule has 0 bridgehead atoms. The molecule has 42 heavy (non-hydrogen) atoms. The molecule has 0 saturated carbocycles. The van der Waals surface area contributed by atoms with Crippen LogP contribution in [0.1, 0.15) is 48.0 Å². The van der Waals surface area contributed by atoms with E-state index < -0.39 is 29.1 Å². The molecule has 0 radical (unpaired) electrons. The predicted octanol–water partition coefficient (Wildman–Crippen LogP) is 3.14. The number of hydrogen-bond donors (Lipinski definition) is 3. The quantitative estimate of drug-likeness (QED) is 0.376. The normalized spacial score (nSPS) is 19.3. The van der Waals surface area contributed by atoms with Gasteiger partial charge in [-0.1, -0.05) is 42.5 Å². The van der Waals surface area contributed by atoms with Gasteiger partial charge in [-0.05, 0) is 51.1 Å². The minimum absolute atomic E-state index is 0.0666. The van der Waals surface area contributed by atoms with E-state index in [1.807, 2.05) is 56.3 Å². The Kier molecular flexibility index (Phi) is 8.35. The number of nitrogens with zero attached hydrogens (tertiary/aromatic N) is 3. The molecule has 0 aliphatic carbocycles. The molecule has 0 spiro atoms. The first-order valence-electron chi connectivity index (χ1n) is 14.2. The Bertz CT molecular complexity index is 1420. The number of furan rings is 1. The molecule has 1 unspecified atom stereocenters. The fraction of sp³-hybridized carbons (Fsp3) is 0.387. The number of likely N-dealkylation sites (N-methyl/N-ethyl adjacent to an activating group) is 1. The van der Waals surface area contributed by atoms with Crippen LogP contribution < -0.4 is 21.1 Å². The summed E-state index contributed by atoms with van der Waals surface area (Å²) in [7, 11) is 2.12. The lowest BCUT2D eigenvalue weighted by Crippen LogP contribution is -2.67. The number of hydrazine groups is 1. The topological polar surface area (TPSA) is 119 Å². The van der Waals surface area contributed by atoms with Crippen LogP contribution in [0.5, 0.6) is 0 Å². The van der Waals surface area contributed by atoms with E-state index in [-0.39, 0.29) is 18.1 Å². The Hall–Kier alpha value is -4.19. The first-order valence-corrected chi connectivity index (χ1v) is 14.2. The summed E-state index contributed by atoms with van der Waals surface area (Å²) in [5.41, 5.74) is 2.70. The van der Waals surface area contributed by atoms with Gasteiger partial charge in [0.2, 0.25) is 0 Å². The molecule has 1 saturated heterocycles. The standard InChI is InChI=1S/C31H38N6O5/c1-5-41-29(40)37-25-15-20-42-26(25)31(34-37,28(39)33-30(2,3)24-9-7-6-8-10-24)32-27(38)23-13-11-22(12-14-23)21-36-18-16-35(4)17-19-36/h6-15,20,34H,5,16-19,21H2,1-4H3,(H,32,38)(H,33,39). The third-order valence-electron chi connectivity index (χ3n) is 7.74. The number of anilines is 1. The smallest absolute Gasteiger partial charge is 0.429 e. The number of ether oxygens (including phenoxy) is 1. The van der Waals surface area contributed by atoms with Gasteiger partial charge in [-0.25, -0.2) is 9.80 Å². The number of piperazine rings is 1. The van der Waals surface area contributed by atoms with Gasteiger partial charge in [0, 0.05) is 44.4 Å². The minimum Gasteiger partial charge on any atom is -0.462 e. The number of carbonyl (C=O) groups excluding carboxylic acids is 3. The van der Waals surface area contributed by atoms with Gasteiger partial charge in [-0.2, -0.15) is 5.43 Å². The highest BCUT2D eigenvalue weighted by molar-refractivity contribution is 6.03. The molecule has 11 heteroatoms. The first-order chi connectivity index (χ1) is 20.1. The van der Waals surface area contributed by atoms with Gasteiger partial charge in [-0.3, -0.25) is 14.5 Å². The summed E-state index contributed by atoms with van der Waals surface area (Å²) in [6.45, 7) is 10.3. The van der Waals surface area contributed by atoms with Gasteiger partial charge < -0.3 is 24.7 Å². The van der Waals surface area contributed by atoms with Crippen molar-refractivity contribution in [1.29, 1.82) is 0 Å². The van der Waals surface area contributed by atoms with Crippen molar-refractivity contribution < 1.29 is 23.5 Å². The Labute approximate surface area is 245 Å². The van der Waals surface area contributed by atoms with Crippen molar-refractivity contribution in [2.24, 2.45) is 0 Å². The van der Waals surface area contributed by atoms with Gasteiger partial charge in [0.05, 0.1) is 18.4 Å². The Morgan fingerprint density at radius 3 is 2.36 bits per heavy atom. The highest BCUT2D eigenvalue weighted by atomic mass is 16.6.